The number of hydrogen-bond donors (Lipinski definition) is 0. The molecule has 4 rings (SSSR count). The highest BCUT2D eigenvalue weighted by molar-refractivity contribution is 7.99. The molecule has 4 nitrogen and oxygen atoms in total. The van der Waals surface area contributed by atoms with Gasteiger partial charge in [-0.05, 0) is 29.8 Å². The Morgan fingerprint density at radius 1 is 1.00 bits per heavy atom. The summed E-state index contributed by atoms with van der Waals surface area (Å²) in [6, 6.07) is 18.5. The molecule has 0 saturated carbocycles. The highest BCUT2D eigenvalue weighted by atomic mass is 32.2. The number of fused-ring (bicyclic) bond motifs is 1. The molecule has 1 aliphatic rings. The van der Waals surface area contributed by atoms with Crippen LogP contribution in [0.1, 0.15) is 16.8 Å². The molecule has 3 aromatic rings. The minimum absolute atomic E-state index is 0.0780. The summed E-state index contributed by atoms with van der Waals surface area (Å²) in [5.74, 6) is 1.50. The molecular formula is C21H17NO3S. The molecule has 2 aromatic carbocycles. The van der Waals surface area contributed by atoms with Crippen LogP contribution >= 0.6 is 11.8 Å². The molecule has 0 aliphatic carbocycles. The highest BCUT2D eigenvalue weighted by Gasteiger charge is 2.26. The Morgan fingerprint density at radius 2 is 1.73 bits per heavy atom. The molecule has 26 heavy (non-hydrogen) atoms. The molecule has 0 N–H and O–H groups in total. The van der Waals surface area contributed by atoms with Crippen molar-refractivity contribution in [3.8, 4) is 22.6 Å². The van der Waals surface area contributed by atoms with Crippen molar-refractivity contribution in [2.45, 2.75) is 11.4 Å². The number of benzene rings is 2. The smallest absolute Gasteiger partial charge is 0.256 e. The summed E-state index contributed by atoms with van der Waals surface area (Å²) >= 11 is 1.56. The van der Waals surface area contributed by atoms with Crippen molar-refractivity contribution in [3.63, 3.8) is 0 Å². The van der Waals surface area contributed by atoms with E-state index >= 15 is 0 Å². The molecule has 0 bridgehead atoms. The van der Waals surface area contributed by atoms with E-state index in [1.807, 2.05) is 54.6 Å². The maximum atomic E-state index is 12.9. The Balaban J connectivity index is 1.98. The molecule has 0 unspecified atom stereocenters. The minimum Gasteiger partial charge on any atom is -0.497 e. The zero-order valence-corrected chi connectivity index (χ0v) is 15.1. The summed E-state index contributed by atoms with van der Waals surface area (Å²) in [5, 5.41) is 0.728. The van der Waals surface area contributed by atoms with Gasteiger partial charge in [-0.25, -0.2) is 0 Å². The van der Waals surface area contributed by atoms with Crippen molar-refractivity contribution in [2.75, 3.05) is 12.9 Å². The standard InChI is InChI=1S/C21H17NO3S/c1-25-16-9-7-14(8-10-16)17-13-19(24)22(15-5-3-2-4-6-15)21-20(17)18(23)11-12-26-21/h2-10,13H,11-12H2,1H3. The maximum Gasteiger partial charge on any atom is 0.256 e. The second-order valence-electron chi connectivity index (χ2n) is 6.00. The fraction of sp³-hybridized carbons (Fsp3) is 0.143. The van der Waals surface area contributed by atoms with Crippen LogP contribution in [-0.2, 0) is 0 Å². The summed E-state index contributed by atoms with van der Waals surface area (Å²) in [7, 11) is 1.61. The second kappa shape index (κ2) is 6.84. The number of rotatable bonds is 3. The molecule has 0 radical (unpaired) electrons. The summed E-state index contributed by atoms with van der Waals surface area (Å²) in [6.07, 6.45) is 0.480. The Kier molecular flexibility index (Phi) is 4.39. The zero-order valence-electron chi connectivity index (χ0n) is 14.3. The first-order valence-electron chi connectivity index (χ1n) is 8.35. The lowest BCUT2D eigenvalue weighted by Crippen LogP contribution is -2.25. The van der Waals surface area contributed by atoms with Crippen LogP contribution in [0.25, 0.3) is 16.8 Å². The Hall–Kier alpha value is -2.79. The number of carbonyl (C=O) groups is 1. The van der Waals surface area contributed by atoms with Crippen molar-refractivity contribution in [1.29, 1.82) is 0 Å². The first-order chi connectivity index (χ1) is 12.7. The summed E-state index contributed by atoms with van der Waals surface area (Å²) < 4.78 is 6.85. The normalized spacial score (nSPS) is 13.3. The zero-order chi connectivity index (χ0) is 18.1. The van der Waals surface area contributed by atoms with Gasteiger partial charge >= 0.3 is 0 Å². The third-order valence-electron chi connectivity index (χ3n) is 4.44. The lowest BCUT2D eigenvalue weighted by atomic mass is 9.97. The fourth-order valence-corrected chi connectivity index (χ4v) is 4.35. The van der Waals surface area contributed by atoms with Gasteiger partial charge in [-0.3, -0.25) is 14.2 Å². The van der Waals surface area contributed by atoms with Gasteiger partial charge in [-0.1, -0.05) is 30.3 Å². The molecule has 0 saturated heterocycles. The molecule has 0 atom stereocenters. The van der Waals surface area contributed by atoms with E-state index in [2.05, 4.69) is 0 Å². The van der Waals surface area contributed by atoms with E-state index in [0.29, 0.717) is 23.3 Å². The van der Waals surface area contributed by atoms with Crippen molar-refractivity contribution < 1.29 is 9.53 Å². The maximum absolute atomic E-state index is 12.9. The molecule has 5 heteroatoms. The van der Waals surface area contributed by atoms with Gasteiger partial charge in [0.1, 0.15) is 5.75 Å². The van der Waals surface area contributed by atoms with E-state index in [1.165, 1.54) is 0 Å². The number of ketones is 1. The van der Waals surface area contributed by atoms with E-state index in [4.69, 9.17) is 4.74 Å². The molecule has 1 aliphatic heterocycles. The number of Topliss-reactive ketones (excluding diaryl/α,β-unsaturated/α-hetero) is 1. The Labute approximate surface area is 155 Å². The van der Waals surface area contributed by atoms with Crippen molar-refractivity contribution >= 4 is 17.5 Å². The summed E-state index contributed by atoms with van der Waals surface area (Å²) in [6.45, 7) is 0. The van der Waals surface area contributed by atoms with Gasteiger partial charge in [0.25, 0.3) is 5.56 Å². The highest BCUT2D eigenvalue weighted by Crippen LogP contribution is 2.37. The Morgan fingerprint density at radius 3 is 2.42 bits per heavy atom. The van der Waals surface area contributed by atoms with Gasteiger partial charge in [0.15, 0.2) is 5.78 Å². The van der Waals surface area contributed by atoms with Gasteiger partial charge in [0.05, 0.1) is 17.7 Å². The van der Waals surface area contributed by atoms with E-state index < -0.39 is 0 Å². The molecule has 2 heterocycles. The van der Waals surface area contributed by atoms with Gasteiger partial charge < -0.3 is 4.74 Å². The van der Waals surface area contributed by atoms with Gasteiger partial charge in [-0.2, -0.15) is 0 Å². The summed E-state index contributed by atoms with van der Waals surface area (Å²) in [4.78, 5) is 25.7. The van der Waals surface area contributed by atoms with E-state index in [-0.39, 0.29) is 11.3 Å². The van der Waals surface area contributed by atoms with Gasteiger partial charge in [0.2, 0.25) is 0 Å². The predicted molar refractivity (Wildman–Crippen MR) is 104 cm³/mol. The fourth-order valence-electron chi connectivity index (χ4n) is 3.18. The number of methoxy groups -OCH3 is 1. The number of para-hydroxylation sites is 1. The molecular weight excluding hydrogens is 346 g/mol. The first-order valence-corrected chi connectivity index (χ1v) is 9.33. The molecule has 0 fully saturated rings. The number of nitrogens with zero attached hydrogens (tertiary/aromatic N) is 1. The van der Waals surface area contributed by atoms with Crippen LogP contribution in [0.4, 0.5) is 0 Å². The average Bonchev–Trinajstić information content (AvgIpc) is 2.68. The SMILES string of the molecule is COc1ccc(-c2cc(=O)n(-c3ccccc3)c3c2C(=O)CCS3)cc1. The largest absolute Gasteiger partial charge is 0.497 e. The van der Waals surface area contributed by atoms with E-state index in [0.717, 1.165) is 22.0 Å². The average molecular weight is 363 g/mol. The molecule has 0 spiro atoms. The lowest BCUT2D eigenvalue weighted by Gasteiger charge is -2.22. The number of hydrogen-bond acceptors (Lipinski definition) is 4. The van der Waals surface area contributed by atoms with E-state index in [9.17, 15) is 9.59 Å². The quantitative estimate of drug-likeness (QED) is 0.700. The number of aromatic nitrogens is 1. The molecule has 130 valence electrons. The van der Waals surface area contributed by atoms with Crippen molar-refractivity contribution in [1.82, 2.24) is 4.57 Å². The third-order valence-corrected chi connectivity index (χ3v) is 5.51. The topological polar surface area (TPSA) is 48.3 Å². The monoisotopic (exact) mass is 363 g/mol. The number of ether oxygens (including phenoxy) is 1. The van der Waals surface area contributed by atoms with Crippen molar-refractivity contribution in [3.05, 3.63) is 76.6 Å². The minimum atomic E-state index is -0.136. The van der Waals surface area contributed by atoms with Crippen LogP contribution in [-0.4, -0.2) is 23.2 Å². The van der Waals surface area contributed by atoms with Crippen LogP contribution in [0, 0.1) is 0 Å². The van der Waals surface area contributed by atoms with Crippen LogP contribution in [0.2, 0.25) is 0 Å². The van der Waals surface area contributed by atoms with Crippen LogP contribution in [0.3, 0.4) is 0 Å². The van der Waals surface area contributed by atoms with Gasteiger partial charge in [0, 0.05) is 29.5 Å². The summed E-state index contributed by atoms with van der Waals surface area (Å²) in [5.41, 5.74) is 2.81. The van der Waals surface area contributed by atoms with Crippen LogP contribution in [0.5, 0.6) is 5.75 Å². The molecule has 1 aromatic heterocycles. The lowest BCUT2D eigenvalue weighted by molar-refractivity contribution is 0.0984. The first kappa shape index (κ1) is 16.7. The number of carbonyl (C=O) groups excluding carboxylic acids is 1. The van der Waals surface area contributed by atoms with Crippen LogP contribution < -0.4 is 10.3 Å². The number of thioether (sulfide) groups is 1. The van der Waals surface area contributed by atoms with Gasteiger partial charge in [-0.15, -0.1) is 11.8 Å². The van der Waals surface area contributed by atoms with Crippen molar-refractivity contribution in [2.24, 2.45) is 0 Å². The number of pyridine rings is 1. The Bertz CT molecular complexity index is 1020. The predicted octanol–water partition coefficient (Wildman–Crippen LogP) is 4.19. The second-order valence-corrected chi connectivity index (χ2v) is 7.08. The third kappa shape index (κ3) is 2.84. The van der Waals surface area contributed by atoms with E-state index in [1.54, 1.807) is 29.5 Å². The molecule has 0 amide bonds. The van der Waals surface area contributed by atoms with Crippen LogP contribution in [0.15, 0.2) is 70.5 Å².